The number of aromatic nitrogens is 2. The maximum atomic E-state index is 15.2. The predicted molar refractivity (Wildman–Crippen MR) is 172 cm³/mol. The second-order valence-corrected chi connectivity index (χ2v) is 11.0. The molecule has 1 unspecified atom stereocenters. The van der Waals surface area contributed by atoms with E-state index in [4.69, 9.17) is 9.47 Å². The van der Waals surface area contributed by atoms with E-state index in [0.717, 1.165) is 38.7 Å². The van der Waals surface area contributed by atoms with Crippen LogP contribution in [0.25, 0.3) is 44.3 Å². The Balaban J connectivity index is 1.30. The van der Waals surface area contributed by atoms with Crippen LogP contribution in [0.3, 0.4) is 0 Å². The molecule has 8 heteroatoms. The molecule has 2 aromatic heterocycles. The molecule has 3 N–H and O–H groups in total. The van der Waals surface area contributed by atoms with Gasteiger partial charge in [0, 0.05) is 57.3 Å². The number of pyridine rings is 1. The Hall–Kier alpha value is -5.47. The number of aliphatic hydroxyl groups excluding tert-OH is 1. The first-order chi connectivity index (χ1) is 22.0. The number of H-pyrrole nitrogens is 1. The number of fused-ring (bicyclic) bond motifs is 4. The molecule has 1 atom stereocenters. The van der Waals surface area contributed by atoms with Gasteiger partial charge in [0.05, 0.1) is 19.8 Å². The number of nitrogens with one attached hydrogen (secondary N) is 2. The SMILES string of the molecule is COc1cc2c(cc1-c1ccncc1)COc1cc(-c3ccccc3F)c(C(=O)NC(CO)Cc3c[nH]c4ccccc34)cc1-2. The number of carbonyl (C=O) groups excluding carboxylic acids is 1. The van der Waals surface area contributed by atoms with E-state index in [-0.39, 0.29) is 17.7 Å². The quantitative estimate of drug-likeness (QED) is 0.176. The Morgan fingerprint density at radius 1 is 0.978 bits per heavy atom. The zero-order chi connectivity index (χ0) is 30.9. The smallest absolute Gasteiger partial charge is 0.252 e. The van der Waals surface area contributed by atoms with Crippen LogP contribution < -0.4 is 14.8 Å². The van der Waals surface area contributed by atoms with Crippen molar-refractivity contribution in [1.82, 2.24) is 15.3 Å². The van der Waals surface area contributed by atoms with Gasteiger partial charge in [0.2, 0.25) is 0 Å². The molecule has 0 saturated carbocycles. The number of aromatic amines is 1. The van der Waals surface area contributed by atoms with Crippen LogP contribution in [-0.2, 0) is 13.0 Å². The molecular weight excluding hydrogens is 569 g/mol. The number of aliphatic hydroxyl groups is 1. The fraction of sp³-hybridized carbons (Fsp3) is 0.135. The average Bonchev–Trinajstić information content (AvgIpc) is 3.49. The molecule has 224 valence electrons. The van der Waals surface area contributed by atoms with Gasteiger partial charge in [-0.25, -0.2) is 4.39 Å². The first-order valence-electron chi connectivity index (χ1n) is 14.7. The number of rotatable bonds is 8. The number of hydrogen-bond donors (Lipinski definition) is 3. The van der Waals surface area contributed by atoms with E-state index in [9.17, 15) is 9.90 Å². The molecule has 4 aromatic carbocycles. The van der Waals surface area contributed by atoms with Gasteiger partial charge in [0.15, 0.2) is 0 Å². The Morgan fingerprint density at radius 3 is 2.58 bits per heavy atom. The summed E-state index contributed by atoms with van der Waals surface area (Å²) in [5.74, 6) is 0.316. The number of methoxy groups -OCH3 is 1. The van der Waals surface area contributed by atoms with Gasteiger partial charge in [-0.3, -0.25) is 9.78 Å². The van der Waals surface area contributed by atoms with Crippen molar-refractivity contribution < 1.29 is 23.8 Å². The van der Waals surface area contributed by atoms with Crippen LogP contribution in [0.2, 0.25) is 0 Å². The van der Waals surface area contributed by atoms with Crippen LogP contribution in [0.5, 0.6) is 11.5 Å². The van der Waals surface area contributed by atoms with Crippen molar-refractivity contribution in [3.05, 3.63) is 126 Å². The number of ether oxygens (including phenoxy) is 2. The Bertz CT molecular complexity index is 2040. The first kappa shape index (κ1) is 28.3. The zero-order valence-corrected chi connectivity index (χ0v) is 24.5. The summed E-state index contributed by atoms with van der Waals surface area (Å²) >= 11 is 0. The van der Waals surface area contributed by atoms with E-state index >= 15 is 4.39 Å². The van der Waals surface area contributed by atoms with Gasteiger partial charge in [-0.05, 0) is 77.2 Å². The van der Waals surface area contributed by atoms with Crippen molar-refractivity contribution in [2.24, 2.45) is 0 Å². The van der Waals surface area contributed by atoms with Gasteiger partial charge >= 0.3 is 0 Å². The van der Waals surface area contributed by atoms with Gasteiger partial charge < -0.3 is 24.9 Å². The molecule has 45 heavy (non-hydrogen) atoms. The lowest BCUT2D eigenvalue weighted by molar-refractivity contribution is 0.0917. The largest absolute Gasteiger partial charge is 0.496 e. The monoisotopic (exact) mass is 599 g/mol. The number of nitrogens with zero attached hydrogens (tertiary/aromatic N) is 1. The highest BCUT2D eigenvalue weighted by Crippen LogP contribution is 2.45. The summed E-state index contributed by atoms with van der Waals surface area (Å²) in [6, 6.07) is 24.9. The second kappa shape index (κ2) is 11.9. The van der Waals surface area contributed by atoms with E-state index in [0.29, 0.717) is 35.7 Å². The third-order valence-electron chi connectivity index (χ3n) is 8.32. The maximum Gasteiger partial charge on any atom is 0.252 e. The number of amides is 1. The van der Waals surface area contributed by atoms with E-state index in [1.54, 1.807) is 49.8 Å². The molecule has 0 saturated heterocycles. The lowest BCUT2D eigenvalue weighted by atomic mass is 9.88. The van der Waals surface area contributed by atoms with E-state index in [1.165, 1.54) is 6.07 Å². The Labute approximate surface area is 259 Å². The summed E-state index contributed by atoms with van der Waals surface area (Å²) in [6.45, 7) is 0.0238. The van der Waals surface area contributed by atoms with Crippen LogP contribution in [0.1, 0.15) is 21.5 Å². The van der Waals surface area contributed by atoms with Crippen LogP contribution in [0.15, 0.2) is 104 Å². The number of para-hydroxylation sites is 1. The minimum absolute atomic E-state index is 0.268. The topological polar surface area (TPSA) is 96.5 Å². The standard InChI is InChI=1S/C37H30FN3O4/c1-44-35-17-28-24(15-29(35)22-10-12-39-13-11-22)21-45-36-18-30(27-7-2-4-8-33(27)38)32(16-31(28)36)37(43)41-25(20-42)14-23-19-40-34-9-5-3-6-26(23)34/h2-13,15-19,25,40,42H,14,20-21H2,1H3,(H,41,43). The van der Waals surface area contributed by atoms with Gasteiger partial charge in [-0.2, -0.15) is 0 Å². The normalized spacial score (nSPS) is 12.6. The average molecular weight is 600 g/mol. The molecule has 1 amide bonds. The molecule has 0 fully saturated rings. The lowest BCUT2D eigenvalue weighted by Crippen LogP contribution is -2.39. The number of carbonyl (C=O) groups is 1. The van der Waals surface area contributed by atoms with E-state index in [1.807, 2.05) is 54.7 Å². The summed E-state index contributed by atoms with van der Waals surface area (Å²) in [6.07, 6.45) is 5.76. The van der Waals surface area contributed by atoms with Gasteiger partial charge in [0.25, 0.3) is 5.91 Å². The Kier molecular flexibility index (Phi) is 7.49. The highest BCUT2D eigenvalue weighted by molar-refractivity contribution is 6.03. The van der Waals surface area contributed by atoms with Gasteiger partial charge in [0.1, 0.15) is 23.9 Å². The van der Waals surface area contributed by atoms with E-state index < -0.39 is 17.8 Å². The maximum absolute atomic E-state index is 15.2. The van der Waals surface area contributed by atoms with Crippen molar-refractivity contribution >= 4 is 16.8 Å². The second-order valence-electron chi connectivity index (χ2n) is 11.0. The van der Waals surface area contributed by atoms with Crippen molar-refractivity contribution in [3.8, 4) is 44.9 Å². The molecule has 3 heterocycles. The fourth-order valence-corrected chi connectivity index (χ4v) is 6.07. The van der Waals surface area contributed by atoms with Crippen LogP contribution in [0, 0.1) is 5.82 Å². The zero-order valence-electron chi connectivity index (χ0n) is 24.5. The molecule has 7 nitrogen and oxygen atoms in total. The lowest BCUT2D eigenvalue weighted by Gasteiger charge is -2.25. The van der Waals surface area contributed by atoms with Crippen LogP contribution in [-0.4, -0.2) is 40.7 Å². The molecule has 0 aliphatic carbocycles. The van der Waals surface area contributed by atoms with Crippen molar-refractivity contribution in [1.29, 1.82) is 0 Å². The van der Waals surface area contributed by atoms with Crippen LogP contribution >= 0.6 is 0 Å². The van der Waals surface area contributed by atoms with Crippen LogP contribution in [0.4, 0.5) is 4.39 Å². The molecule has 1 aliphatic heterocycles. The van der Waals surface area contributed by atoms with E-state index in [2.05, 4.69) is 15.3 Å². The van der Waals surface area contributed by atoms with Crippen molar-refractivity contribution in [2.45, 2.75) is 19.1 Å². The molecular formula is C37H30FN3O4. The number of halogens is 1. The van der Waals surface area contributed by atoms with Crippen molar-refractivity contribution in [2.75, 3.05) is 13.7 Å². The fourth-order valence-electron chi connectivity index (χ4n) is 6.07. The summed E-state index contributed by atoms with van der Waals surface area (Å²) in [4.78, 5) is 21.4. The molecule has 1 aliphatic rings. The van der Waals surface area contributed by atoms with Crippen molar-refractivity contribution in [3.63, 3.8) is 0 Å². The Morgan fingerprint density at radius 2 is 1.78 bits per heavy atom. The summed E-state index contributed by atoms with van der Waals surface area (Å²) < 4.78 is 27.2. The third-order valence-corrected chi connectivity index (χ3v) is 8.32. The third kappa shape index (κ3) is 5.30. The molecule has 0 bridgehead atoms. The summed E-state index contributed by atoms with van der Waals surface area (Å²) in [7, 11) is 1.62. The number of benzene rings is 4. The number of hydrogen-bond acceptors (Lipinski definition) is 5. The molecule has 7 rings (SSSR count). The molecule has 6 aromatic rings. The van der Waals surface area contributed by atoms with Gasteiger partial charge in [-0.15, -0.1) is 0 Å². The highest BCUT2D eigenvalue weighted by atomic mass is 19.1. The van der Waals surface area contributed by atoms with Gasteiger partial charge in [-0.1, -0.05) is 36.4 Å². The predicted octanol–water partition coefficient (Wildman–Crippen LogP) is 6.94. The minimum atomic E-state index is -0.576. The summed E-state index contributed by atoms with van der Waals surface area (Å²) in [5, 5.41) is 14.3. The minimum Gasteiger partial charge on any atom is -0.496 e. The molecule has 0 spiro atoms. The molecule has 0 radical (unpaired) electrons. The summed E-state index contributed by atoms with van der Waals surface area (Å²) in [5.41, 5.74) is 7.23. The highest BCUT2D eigenvalue weighted by Gasteiger charge is 2.27. The first-order valence-corrected chi connectivity index (χ1v) is 14.7.